The van der Waals surface area contributed by atoms with E-state index in [2.05, 4.69) is 15.2 Å². The van der Waals surface area contributed by atoms with E-state index in [4.69, 9.17) is 26.4 Å². The van der Waals surface area contributed by atoms with E-state index in [1.165, 1.54) is 7.11 Å². The molecule has 2 atom stereocenters. The number of ether oxygens (including phenoxy) is 3. The Morgan fingerprint density at radius 2 is 1.52 bits per heavy atom. The molecule has 1 saturated heterocycles. The third-order valence-electron chi connectivity index (χ3n) is 7.16. The van der Waals surface area contributed by atoms with Crippen LogP contribution in [-0.4, -0.2) is 34.9 Å². The van der Waals surface area contributed by atoms with Gasteiger partial charge in [-0.05, 0) is 97.1 Å². The van der Waals surface area contributed by atoms with E-state index in [1.54, 1.807) is 19.4 Å². The fourth-order valence-electron chi connectivity index (χ4n) is 5.21. The number of pyridine rings is 1. The number of thiocarbonyl (C=S) groups is 1. The van der Waals surface area contributed by atoms with E-state index in [-0.39, 0.29) is 12.1 Å². The first-order chi connectivity index (χ1) is 20.6. The number of rotatable bonds is 8. The molecule has 0 saturated carbocycles. The summed E-state index contributed by atoms with van der Waals surface area (Å²) in [5.74, 6) is 1.75. The van der Waals surface area contributed by atoms with Crippen LogP contribution in [0.2, 0.25) is 0 Å². The monoisotopic (exact) mass is 576 g/mol. The molecule has 1 fully saturated rings. The summed E-state index contributed by atoms with van der Waals surface area (Å²) >= 11 is 5.92. The third kappa shape index (κ3) is 5.17. The summed E-state index contributed by atoms with van der Waals surface area (Å²) in [5, 5.41) is 4.06. The van der Waals surface area contributed by atoms with Gasteiger partial charge in [0.05, 0.1) is 37.2 Å². The summed E-state index contributed by atoms with van der Waals surface area (Å²) in [7, 11) is 3.02. The first-order valence-corrected chi connectivity index (χ1v) is 13.8. The summed E-state index contributed by atoms with van der Waals surface area (Å²) in [5.41, 5.74) is 3.83. The summed E-state index contributed by atoms with van der Waals surface area (Å²) < 4.78 is 18.4. The number of methoxy groups -OCH3 is 2. The van der Waals surface area contributed by atoms with Crippen molar-refractivity contribution in [2.75, 3.05) is 19.1 Å². The fourth-order valence-corrected chi connectivity index (χ4v) is 5.55. The number of aromatic nitrogens is 2. The maximum absolute atomic E-state index is 12.7. The maximum Gasteiger partial charge on any atom is 0.339 e. The summed E-state index contributed by atoms with van der Waals surface area (Å²) in [4.78, 5) is 19.4. The molecule has 1 aliphatic rings. The number of carbonyl (C=O) groups excluding carboxylic acids is 1. The Labute approximate surface area is 249 Å². The topological polar surface area (TPSA) is 77.9 Å². The van der Waals surface area contributed by atoms with Gasteiger partial charge in [-0.2, -0.15) is 0 Å². The van der Waals surface area contributed by atoms with Crippen molar-refractivity contribution in [3.8, 4) is 22.9 Å². The van der Waals surface area contributed by atoms with Gasteiger partial charge in [-0.15, -0.1) is 0 Å². The van der Waals surface area contributed by atoms with E-state index in [9.17, 15) is 4.79 Å². The van der Waals surface area contributed by atoms with Crippen LogP contribution >= 0.6 is 12.2 Å². The Morgan fingerprint density at radius 3 is 2.21 bits per heavy atom. The lowest BCUT2D eigenvalue weighted by Crippen LogP contribution is -2.30. The van der Waals surface area contributed by atoms with Crippen molar-refractivity contribution in [3.63, 3.8) is 0 Å². The zero-order valence-electron chi connectivity index (χ0n) is 23.0. The van der Waals surface area contributed by atoms with Crippen molar-refractivity contribution in [3.05, 3.63) is 132 Å². The van der Waals surface area contributed by atoms with Gasteiger partial charge in [-0.25, -0.2) is 4.79 Å². The van der Waals surface area contributed by atoms with Crippen molar-refractivity contribution < 1.29 is 19.0 Å². The van der Waals surface area contributed by atoms with Crippen LogP contribution in [0.5, 0.6) is 17.2 Å². The Bertz CT molecular complexity index is 1700. The number of nitrogens with zero attached hydrogens (tertiary/aromatic N) is 3. The van der Waals surface area contributed by atoms with Crippen LogP contribution in [0.15, 0.2) is 116 Å². The molecular weight excluding hydrogens is 548 g/mol. The van der Waals surface area contributed by atoms with Gasteiger partial charge in [0.1, 0.15) is 23.3 Å². The zero-order valence-corrected chi connectivity index (χ0v) is 23.8. The Kier molecular flexibility index (Phi) is 7.57. The number of benzene rings is 3. The number of esters is 1. The highest BCUT2D eigenvalue weighted by Crippen LogP contribution is 2.43. The maximum atomic E-state index is 12.7. The van der Waals surface area contributed by atoms with Gasteiger partial charge in [0.25, 0.3) is 0 Å². The first-order valence-electron chi connectivity index (χ1n) is 13.3. The molecule has 1 aliphatic heterocycles. The van der Waals surface area contributed by atoms with Gasteiger partial charge in [-0.3, -0.25) is 4.98 Å². The van der Waals surface area contributed by atoms with E-state index < -0.39 is 5.97 Å². The second-order valence-electron chi connectivity index (χ2n) is 9.58. The number of nitrogens with one attached hydrogen (secondary N) is 1. The molecular formula is C33H28N4O4S. The van der Waals surface area contributed by atoms with E-state index >= 15 is 0 Å². The number of carbonyl (C=O) groups is 1. The standard InChI is InChI=1S/C33H28N4O4S/c1-39-23-16-18-25(19-17-23)41-24-14-12-22(13-15-24)37-31(30(35-33(37)42)27-9-5-6-20-34-27)29-11-7-21-36(29)28-10-4-3-8-26(28)32(38)40-2/h3-21,30-31H,1-2H3,(H,35,42). The van der Waals surface area contributed by atoms with Crippen LogP contribution in [0.4, 0.5) is 5.69 Å². The van der Waals surface area contributed by atoms with Crippen molar-refractivity contribution in [1.82, 2.24) is 14.9 Å². The molecule has 1 N–H and O–H groups in total. The van der Waals surface area contributed by atoms with Gasteiger partial charge in [0.2, 0.25) is 0 Å². The minimum Gasteiger partial charge on any atom is -0.497 e. The Balaban J connectivity index is 1.39. The zero-order chi connectivity index (χ0) is 29.1. The van der Waals surface area contributed by atoms with Gasteiger partial charge < -0.3 is 29.0 Å². The Morgan fingerprint density at radius 1 is 0.833 bits per heavy atom. The fraction of sp³-hybridized carbons (Fsp3) is 0.121. The van der Waals surface area contributed by atoms with Crippen molar-refractivity contribution in [2.45, 2.75) is 12.1 Å². The average molecular weight is 577 g/mol. The average Bonchev–Trinajstić information content (AvgIpc) is 3.66. The summed E-state index contributed by atoms with van der Waals surface area (Å²) in [6.07, 6.45) is 3.72. The molecule has 0 radical (unpaired) electrons. The second kappa shape index (κ2) is 11.8. The molecule has 0 spiro atoms. The minimum absolute atomic E-state index is 0.257. The SMILES string of the molecule is COC(=O)c1ccccc1-n1cccc1C1C(c2ccccn2)NC(=S)N1c1ccc(Oc2ccc(OC)cc2)cc1. The number of hydrogen-bond donors (Lipinski definition) is 1. The lowest BCUT2D eigenvalue weighted by atomic mass is 10.0. The number of anilines is 1. The predicted octanol–water partition coefficient (Wildman–Crippen LogP) is 6.64. The molecule has 0 aliphatic carbocycles. The van der Waals surface area contributed by atoms with Gasteiger partial charge in [-0.1, -0.05) is 18.2 Å². The molecule has 5 aromatic rings. The molecule has 6 rings (SSSR count). The number of hydrogen-bond acceptors (Lipinski definition) is 6. The highest BCUT2D eigenvalue weighted by Gasteiger charge is 2.42. The summed E-state index contributed by atoms with van der Waals surface area (Å²) in [6.45, 7) is 0. The molecule has 3 aromatic carbocycles. The molecule has 0 amide bonds. The van der Waals surface area contributed by atoms with E-state index in [0.29, 0.717) is 27.9 Å². The molecule has 3 heterocycles. The molecule has 2 aromatic heterocycles. The summed E-state index contributed by atoms with van der Waals surface area (Å²) in [6, 6.07) is 31.9. The third-order valence-corrected chi connectivity index (χ3v) is 7.47. The van der Waals surface area contributed by atoms with Crippen LogP contribution in [-0.2, 0) is 4.74 Å². The lowest BCUT2D eigenvalue weighted by Gasteiger charge is -2.29. The van der Waals surface area contributed by atoms with Gasteiger partial charge >= 0.3 is 5.97 Å². The number of para-hydroxylation sites is 1. The molecule has 8 nitrogen and oxygen atoms in total. The minimum atomic E-state index is -0.407. The normalized spacial score (nSPS) is 16.1. The largest absolute Gasteiger partial charge is 0.497 e. The van der Waals surface area contributed by atoms with E-state index in [0.717, 1.165) is 22.8 Å². The van der Waals surface area contributed by atoms with Crippen LogP contribution in [0.1, 0.15) is 33.8 Å². The quantitative estimate of drug-likeness (QED) is 0.163. The van der Waals surface area contributed by atoms with Gasteiger partial charge in [0, 0.05) is 23.8 Å². The van der Waals surface area contributed by atoms with Crippen LogP contribution < -0.4 is 19.7 Å². The predicted molar refractivity (Wildman–Crippen MR) is 165 cm³/mol. The lowest BCUT2D eigenvalue weighted by molar-refractivity contribution is 0.0600. The smallest absolute Gasteiger partial charge is 0.339 e. The van der Waals surface area contributed by atoms with Crippen LogP contribution in [0, 0.1) is 0 Å². The van der Waals surface area contributed by atoms with E-state index in [1.807, 2.05) is 108 Å². The second-order valence-corrected chi connectivity index (χ2v) is 9.97. The van der Waals surface area contributed by atoms with Crippen molar-refractivity contribution in [2.24, 2.45) is 0 Å². The molecule has 0 bridgehead atoms. The van der Waals surface area contributed by atoms with Crippen LogP contribution in [0.25, 0.3) is 5.69 Å². The molecule has 2 unspecified atom stereocenters. The molecule has 42 heavy (non-hydrogen) atoms. The highest BCUT2D eigenvalue weighted by atomic mass is 32.1. The van der Waals surface area contributed by atoms with Crippen LogP contribution in [0.3, 0.4) is 0 Å². The molecule has 9 heteroatoms. The van der Waals surface area contributed by atoms with Crippen molar-refractivity contribution in [1.29, 1.82) is 0 Å². The Hall–Kier alpha value is -5.15. The highest BCUT2D eigenvalue weighted by molar-refractivity contribution is 7.80. The van der Waals surface area contributed by atoms with Gasteiger partial charge in [0.15, 0.2) is 5.11 Å². The molecule has 210 valence electrons. The first kappa shape index (κ1) is 27.0. The van der Waals surface area contributed by atoms with Crippen molar-refractivity contribution >= 4 is 29.0 Å².